The van der Waals surface area contributed by atoms with Crippen LogP contribution in [-0.4, -0.2) is 18.1 Å². The molecule has 0 spiro atoms. The number of hydrogen-bond donors (Lipinski definition) is 0. The molecule has 3 rings (SSSR count). The number of anilines is 1. The van der Waals surface area contributed by atoms with Crippen LogP contribution in [-0.2, 0) is 39.1 Å². The third-order valence-corrected chi connectivity index (χ3v) is 4.72. The van der Waals surface area contributed by atoms with Crippen molar-refractivity contribution in [3.8, 4) is 0 Å². The Morgan fingerprint density at radius 3 is 2.28 bits per heavy atom. The number of benzene rings is 2. The van der Waals surface area contributed by atoms with E-state index in [1.165, 1.54) is 0 Å². The number of halogens is 3. The van der Waals surface area contributed by atoms with Crippen molar-refractivity contribution in [3.63, 3.8) is 0 Å². The molecule has 1 aliphatic heterocycles. The second kappa shape index (κ2) is 9.19. The van der Waals surface area contributed by atoms with Gasteiger partial charge in [0.25, 0.3) is 0 Å². The van der Waals surface area contributed by atoms with Crippen LogP contribution in [0, 0.1) is 7.43 Å². The van der Waals surface area contributed by atoms with Gasteiger partial charge in [0.2, 0.25) is 0 Å². The Kier molecular flexibility index (Phi) is 8.42. The van der Waals surface area contributed by atoms with Crippen molar-refractivity contribution in [1.29, 1.82) is 0 Å². The standard InChI is InChI=1S/C17H15BrCl2N2O.CH3.Y/c1-17(9-11-2-4-12(18)5-3-11)10-22(16(23)21-17)15-7-13(19)6-14(20)8-15;;/h2-8H,9-10H2,1H3,(H,21,23);1H3;/q;-1;/p-1/t17-;;/m0../s1. The molecule has 1 saturated heterocycles. The number of hydrogen-bond acceptors (Lipinski definition) is 1. The first-order chi connectivity index (χ1) is 10.8. The Morgan fingerprint density at radius 2 is 1.72 bits per heavy atom. The van der Waals surface area contributed by atoms with Gasteiger partial charge < -0.3 is 17.6 Å². The first-order valence-electron chi connectivity index (χ1n) is 7.10. The average Bonchev–Trinajstić information content (AvgIpc) is 2.75. The summed E-state index contributed by atoms with van der Waals surface area (Å²) in [5.41, 5.74) is 1.34. The second-order valence-electron chi connectivity index (χ2n) is 5.91. The molecular weight excluding hydrogens is 500 g/mol. The number of nitrogens with zero attached hydrogens (tertiary/aromatic N) is 2. The largest absolute Gasteiger partial charge is 0.424 e. The molecule has 1 radical (unpaired) electrons. The first-order valence-corrected chi connectivity index (χ1v) is 8.64. The Labute approximate surface area is 192 Å². The zero-order valence-corrected chi connectivity index (χ0v) is 19.9. The zero-order chi connectivity index (χ0) is 16.6. The van der Waals surface area contributed by atoms with E-state index in [4.69, 9.17) is 23.2 Å². The van der Waals surface area contributed by atoms with E-state index >= 15 is 0 Å². The molecule has 0 saturated carbocycles. The number of carbonyl (C=O) groups excluding carboxylic acids is 1. The monoisotopic (exact) mass is 515 g/mol. The van der Waals surface area contributed by atoms with Crippen molar-refractivity contribution in [3.05, 3.63) is 75.3 Å². The molecule has 0 aromatic heterocycles. The van der Waals surface area contributed by atoms with Crippen LogP contribution < -0.4 is 4.90 Å². The summed E-state index contributed by atoms with van der Waals surface area (Å²) in [6.45, 7) is 2.48. The molecule has 1 aliphatic rings. The van der Waals surface area contributed by atoms with Crippen LogP contribution >= 0.6 is 39.1 Å². The van der Waals surface area contributed by atoms with Gasteiger partial charge in [-0.05, 0) is 60.1 Å². The molecule has 1 fully saturated rings. The summed E-state index contributed by atoms with van der Waals surface area (Å²) in [6, 6.07) is 12.9. The molecule has 2 amide bonds. The normalized spacial score (nSPS) is 19.0. The molecule has 0 bridgehead atoms. The van der Waals surface area contributed by atoms with Gasteiger partial charge in [-0.3, -0.25) is 4.79 Å². The van der Waals surface area contributed by atoms with E-state index < -0.39 is 5.54 Å². The van der Waals surface area contributed by atoms with Gasteiger partial charge in [-0.25, -0.2) is 0 Å². The third-order valence-electron chi connectivity index (χ3n) is 3.75. The molecule has 0 aliphatic carbocycles. The van der Waals surface area contributed by atoms with Crippen molar-refractivity contribution in [1.82, 2.24) is 0 Å². The Bertz CT molecular complexity index is 737. The van der Waals surface area contributed by atoms with Crippen LogP contribution in [0.5, 0.6) is 0 Å². The van der Waals surface area contributed by atoms with Gasteiger partial charge in [-0.15, -0.1) is 0 Å². The van der Waals surface area contributed by atoms with E-state index in [9.17, 15) is 4.79 Å². The van der Waals surface area contributed by atoms with E-state index in [-0.39, 0.29) is 46.2 Å². The minimum absolute atomic E-state index is 0. The van der Waals surface area contributed by atoms with Crippen LogP contribution in [0.2, 0.25) is 10.0 Å². The van der Waals surface area contributed by atoms with Crippen molar-refractivity contribution in [2.45, 2.75) is 18.9 Å². The van der Waals surface area contributed by atoms with Gasteiger partial charge >= 0.3 is 0 Å². The molecule has 2 aromatic rings. The maximum atomic E-state index is 12.3. The summed E-state index contributed by atoms with van der Waals surface area (Å²) in [5, 5.41) is 5.35. The zero-order valence-electron chi connectivity index (χ0n) is 14.0. The Morgan fingerprint density at radius 1 is 1.16 bits per heavy atom. The summed E-state index contributed by atoms with van der Waals surface area (Å²) in [7, 11) is 0. The molecule has 0 N–H and O–H groups in total. The predicted octanol–water partition coefficient (Wildman–Crippen LogP) is 6.52. The second-order valence-corrected chi connectivity index (χ2v) is 7.70. The van der Waals surface area contributed by atoms with E-state index in [2.05, 4.69) is 21.2 Å². The Hall–Kier alpha value is -0.126. The van der Waals surface area contributed by atoms with E-state index in [0.29, 0.717) is 28.7 Å². The number of carbonyl (C=O) groups is 1. The number of rotatable bonds is 3. The molecule has 1 heterocycles. The van der Waals surface area contributed by atoms with Crippen LogP contribution in [0.25, 0.3) is 5.32 Å². The van der Waals surface area contributed by atoms with Gasteiger partial charge in [-0.2, -0.15) is 0 Å². The van der Waals surface area contributed by atoms with E-state index in [1.54, 1.807) is 23.1 Å². The van der Waals surface area contributed by atoms with Gasteiger partial charge in [0.1, 0.15) is 0 Å². The molecule has 3 nitrogen and oxygen atoms in total. The van der Waals surface area contributed by atoms with E-state index in [0.717, 1.165) is 10.0 Å². The molecule has 2 aromatic carbocycles. The van der Waals surface area contributed by atoms with Gasteiger partial charge in [0.05, 0.1) is 0 Å². The van der Waals surface area contributed by atoms with Crippen molar-refractivity contribution < 1.29 is 37.5 Å². The minimum Gasteiger partial charge on any atom is -0.424 e. The van der Waals surface area contributed by atoms with Crippen LogP contribution in [0.1, 0.15) is 12.5 Å². The maximum Gasteiger partial charge on any atom is 0.159 e. The van der Waals surface area contributed by atoms with E-state index in [1.807, 2.05) is 31.2 Å². The fourth-order valence-electron chi connectivity index (χ4n) is 2.77. The third kappa shape index (κ3) is 5.67. The predicted molar refractivity (Wildman–Crippen MR) is 105 cm³/mol. The molecule has 131 valence electrons. The minimum atomic E-state index is -0.473. The molecule has 0 unspecified atom stereocenters. The summed E-state index contributed by atoms with van der Waals surface area (Å²) in [5.74, 6) is 0. The molecule has 1 atom stereocenters. The summed E-state index contributed by atoms with van der Waals surface area (Å²) in [6.07, 6.45) is 0.691. The van der Waals surface area contributed by atoms with Crippen LogP contribution in [0.3, 0.4) is 0 Å². The van der Waals surface area contributed by atoms with Crippen LogP contribution in [0.4, 0.5) is 10.5 Å². The smallest absolute Gasteiger partial charge is 0.159 e. The van der Waals surface area contributed by atoms with Crippen molar-refractivity contribution in [2.24, 2.45) is 0 Å². The first kappa shape index (κ1) is 22.9. The molecule has 25 heavy (non-hydrogen) atoms. The maximum absolute atomic E-state index is 12.3. The Balaban J connectivity index is 0.00000156. The number of urea groups is 1. The average molecular weight is 517 g/mol. The van der Waals surface area contributed by atoms with Crippen LogP contribution in [0.15, 0.2) is 46.9 Å². The number of amides is 2. The fourth-order valence-corrected chi connectivity index (χ4v) is 3.55. The van der Waals surface area contributed by atoms with Gasteiger partial charge in [0.15, 0.2) is 6.03 Å². The summed E-state index contributed by atoms with van der Waals surface area (Å²) >= 11 is 15.5. The SMILES string of the molecule is C[C@]1(Cc2ccc(Br)cc2)CN(c2cc(Cl)cc(Cl)c2)C(=O)[N-]1.[CH3-].[Y]. The van der Waals surface area contributed by atoms with Crippen molar-refractivity contribution >= 4 is 50.9 Å². The quantitative estimate of drug-likeness (QED) is 0.428. The van der Waals surface area contributed by atoms with Crippen molar-refractivity contribution in [2.75, 3.05) is 11.4 Å². The van der Waals surface area contributed by atoms with Gasteiger partial charge in [0, 0.05) is 47.2 Å². The van der Waals surface area contributed by atoms with Gasteiger partial charge in [-0.1, -0.05) is 58.2 Å². The molecule has 7 heteroatoms. The summed E-state index contributed by atoms with van der Waals surface area (Å²) < 4.78 is 1.03. The fraction of sp³-hybridized carbons (Fsp3) is 0.222. The molecular formula is C18H17BrCl2N2OY-2. The topological polar surface area (TPSA) is 34.4 Å². The summed E-state index contributed by atoms with van der Waals surface area (Å²) in [4.78, 5) is 13.9.